The number of aromatic hydroxyl groups is 1. The molecule has 29 heavy (non-hydrogen) atoms. The van der Waals surface area contributed by atoms with Crippen LogP contribution < -0.4 is 4.90 Å². The summed E-state index contributed by atoms with van der Waals surface area (Å²) in [5.74, 6) is -2.63. The molecule has 0 aliphatic heterocycles. The molecule has 2 aromatic rings. The third kappa shape index (κ3) is 4.79. The molecule has 0 aliphatic carbocycles. The number of methoxy groups -OCH3 is 1. The zero-order valence-electron chi connectivity index (χ0n) is 14.9. The predicted molar refractivity (Wildman–Crippen MR) is 88.6 cm³/mol. The summed E-state index contributed by atoms with van der Waals surface area (Å²) in [5, 5.41) is 9.86. The molecule has 5 nitrogen and oxygen atoms in total. The second kappa shape index (κ2) is 7.64. The monoisotopic (exact) mass is 421 g/mol. The number of hydrogen-bond acceptors (Lipinski definition) is 4. The van der Waals surface area contributed by atoms with E-state index in [-0.39, 0.29) is 11.6 Å². The topological polar surface area (TPSA) is 66.8 Å². The van der Waals surface area contributed by atoms with Gasteiger partial charge in [-0.15, -0.1) is 0 Å². The molecule has 156 valence electrons. The Hall–Kier alpha value is -3.24. The molecule has 0 saturated heterocycles. The Kier molecular flexibility index (Phi) is 5.81. The van der Waals surface area contributed by atoms with E-state index in [2.05, 4.69) is 4.74 Å². The van der Waals surface area contributed by atoms with Crippen LogP contribution in [0.2, 0.25) is 0 Å². The third-order valence-electron chi connectivity index (χ3n) is 3.91. The van der Waals surface area contributed by atoms with Crippen molar-refractivity contribution in [3.63, 3.8) is 0 Å². The number of esters is 1. The van der Waals surface area contributed by atoms with Crippen molar-refractivity contribution >= 4 is 17.6 Å². The first kappa shape index (κ1) is 22.1. The lowest BCUT2D eigenvalue weighted by atomic mass is 10.1. The Morgan fingerprint density at radius 1 is 0.931 bits per heavy atom. The lowest BCUT2D eigenvalue weighted by Crippen LogP contribution is -2.27. The number of halogens is 6. The van der Waals surface area contributed by atoms with Crippen molar-refractivity contribution in [1.82, 2.24) is 0 Å². The molecule has 0 fully saturated rings. The van der Waals surface area contributed by atoms with Crippen LogP contribution >= 0.6 is 0 Å². The van der Waals surface area contributed by atoms with Crippen LogP contribution in [0.1, 0.15) is 31.8 Å². The van der Waals surface area contributed by atoms with E-state index in [1.807, 2.05) is 0 Å². The van der Waals surface area contributed by atoms with Crippen LogP contribution in [-0.2, 0) is 17.1 Å². The number of carbonyl (C=O) groups excluding carboxylic acids is 2. The first-order valence-corrected chi connectivity index (χ1v) is 7.74. The number of hydrogen-bond donors (Lipinski definition) is 1. The maximum Gasteiger partial charge on any atom is 0.416 e. The molecular formula is C18H13F6NO4. The van der Waals surface area contributed by atoms with E-state index in [1.165, 1.54) is 0 Å². The van der Waals surface area contributed by atoms with E-state index in [0.717, 1.165) is 32.4 Å². The van der Waals surface area contributed by atoms with Crippen LogP contribution in [0.4, 0.5) is 32.0 Å². The summed E-state index contributed by atoms with van der Waals surface area (Å²) in [4.78, 5) is 24.7. The number of rotatable bonds is 3. The van der Waals surface area contributed by atoms with Crippen LogP contribution in [0.25, 0.3) is 0 Å². The molecule has 0 aliphatic rings. The molecule has 0 radical (unpaired) electrons. The highest BCUT2D eigenvalue weighted by atomic mass is 19.4. The number of phenolic OH excluding ortho intramolecular Hbond substituents is 1. The van der Waals surface area contributed by atoms with Gasteiger partial charge in [0.1, 0.15) is 5.75 Å². The summed E-state index contributed by atoms with van der Waals surface area (Å²) < 4.78 is 82.5. The summed E-state index contributed by atoms with van der Waals surface area (Å²) in [7, 11) is 1.99. The molecule has 0 atom stereocenters. The highest BCUT2D eigenvalue weighted by Crippen LogP contribution is 2.38. The minimum Gasteiger partial charge on any atom is -0.507 e. The van der Waals surface area contributed by atoms with Crippen LogP contribution in [0.5, 0.6) is 5.75 Å². The molecule has 2 aromatic carbocycles. The van der Waals surface area contributed by atoms with E-state index in [4.69, 9.17) is 0 Å². The van der Waals surface area contributed by atoms with Gasteiger partial charge in [0.25, 0.3) is 5.91 Å². The minimum absolute atomic E-state index is 0.0723. The van der Waals surface area contributed by atoms with Crippen molar-refractivity contribution in [2.75, 3.05) is 19.1 Å². The number of nitrogens with zero attached hydrogens (tertiary/aromatic N) is 1. The van der Waals surface area contributed by atoms with Crippen molar-refractivity contribution < 1.29 is 45.8 Å². The van der Waals surface area contributed by atoms with E-state index in [9.17, 15) is 41.0 Å². The first-order valence-electron chi connectivity index (χ1n) is 7.74. The Balaban J connectivity index is 2.55. The SMILES string of the molecule is COC(=O)c1ccc(O)c(C(=O)N(C)c2cc(C(F)(F)F)cc(C(F)(F)F)c2)c1. The van der Waals surface area contributed by atoms with Gasteiger partial charge in [0.05, 0.1) is 29.4 Å². The van der Waals surface area contributed by atoms with Gasteiger partial charge in [-0.1, -0.05) is 0 Å². The van der Waals surface area contributed by atoms with Gasteiger partial charge in [0.15, 0.2) is 0 Å². The predicted octanol–water partition coefficient (Wildman–Crippen LogP) is 4.49. The fourth-order valence-electron chi connectivity index (χ4n) is 2.38. The molecule has 1 amide bonds. The van der Waals surface area contributed by atoms with Crippen LogP contribution in [-0.4, -0.2) is 31.1 Å². The quantitative estimate of drug-likeness (QED) is 0.586. The Labute approximate surface area is 160 Å². The maximum atomic E-state index is 13.0. The van der Waals surface area contributed by atoms with Crippen LogP contribution in [0.15, 0.2) is 36.4 Å². The second-order valence-electron chi connectivity index (χ2n) is 5.85. The number of benzene rings is 2. The lowest BCUT2D eigenvalue weighted by Gasteiger charge is -2.21. The summed E-state index contributed by atoms with van der Waals surface area (Å²) in [6.07, 6.45) is -10.2. The molecule has 0 unspecified atom stereocenters. The van der Waals surface area contributed by atoms with Gasteiger partial charge < -0.3 is 14.7 Å². The number of alkyl halides is 6. The molecular weight excluding hydrogens is 408 g/mol. The van der Waals surface area contributed by atoms with E-state index in [0.29, 0.717) is 17.0 Å². The second-order valence-corrected chi connectivity index (χ2v) is 5.85. The van der Waals surface area contributed by atoms with Gasteiger partial charge in [-0.3, -0.25) is 4.79 Å². The van der Waals surface area contributed by atoms with Crippen molar-refractivity contribution in [3.8, 4) is 5.75 Å². The maximum absolute atomic E-state index is 13.0. The minimum atomic E-state index is -5.09. The zero-order valence-corrected chi connectivity index (χ0v) is 14.9. The zero-order chi connectivity index (χ0) is 22.1. The summed E-state index contributed by atoms with van der Waals surface area (Å²) in [6.45, 7) is 0. The molecule has 0 aromatic heterocycles. The molecule has 11 heteroatoms. The first-order chi connectivity index (χ1) is 13.3. The highest BCUT2D eigenvalue weighted by Gasteiger charge is 2.37. The van der Waals surface area contributed by atoms with Gasteiger partial charge in [-0.25, -0.2) is 4.79 Å². The highest BCUT2D eigenvalue weighted by molar-refractivity contribution is 6.08. The Morgan fingerprint density at radius 2 is 1.45 bits per heavy atom. The molecule has 0 heterocycles. The van der Waals surface area contributed by atoms with E-state index < -0.39 is 52.4 Å². The smallest absolute Gasteiger partial charge is 0.416 e. The molecule has 0 saturated carbocycles. The van der Waals surface area contributed by atoms with Gasteiger partial charge in [-0.05, 0) is 36.4 Å². The number of phenols is 1. The van der Waals surface area contributed by atoms with Crippen molar-refractivity contribution in [1.29, 1.82) is 0 Å². The van der Waals surface area contributed by atoms with Gasteiger partial charge in [0.2, 0.25) is 0 Å². The summed E-state index contributed by atoms with van der Waals surface area (Å²) in [6, 6.07) is 3.68. The summed E-state index contributed by atoms with van der Waals surface area (Å²) >= 11 is 0. The number of amides is 1. The molecule has 1 N–H and O–H groups in total. The molecule has 0 bridgehead atoms. The molecule has 0 spiro atoms. The normalized spacial score (nSPS) is 11.9. The third-order valence-corrected chi connectivity index (χ3v) is 3.91. The van der Waals surface area contributed by atoms with E-state index >= 15 is 0 Å². The standard InChI is InChI=1S/C18H13F6NO4/c1-25(15(27)13-5-9(16(28)29-2)3-4-14(13)26)12-7-10(17(19,20)21)6-11(8-12)18(22,23)24/h3-8,26H,1-2H3. The van der Waals surface area contributed by atoms with E-state index in [1.54, 1.807) is 0 Å². The van der Waals surface area contributed by atoms with Crippen molar-refractivity contribution in [3.05, 3.63) is 58.7 Å². The van der Waals surface area contributed by atoms with Gasteiger partial charge in [-0.2, -0.15) is 26.3 Å². The Morgan fingerprint density at radius 3 is 1.90 bits per heavy atom. The molecule has 2 rings (SSSR count). The largest absolute Gasteiger partial charge is 0.507 e. The van der Waals surface area contributed by atoms with Crippen molar-refractivity contribution in [2.24, 2.45) is 0 Å². The summed E-state index contributed by atoms with van der Waals surface area (Å²) in [5.41, 5.74) is -4.58. The van der Waals surface area contributed by atoms with Gasteiger partial charge >= 0.3 is 18.3 Å². The van der Waals surface area contributed by atoms with Crippen LogP contribution in [0.3, 0.4) is 0 Å². The number of carbonyl (C=O) groups is 2. The lowest BCUT2D eigenvalue weighted by molar-refractivity contribution is -0.143. The number of anilines is 1. The van der Waals surface area contributed by atoms with Gasteiger partial charge in [0, 0.05) is 12.7 Å². The Bertz CT molecular complexity index is 920. The number of ether oxygens (including phenoxy) is 1. The van der Waals surface area contributed by atoms with Crippen molar-refractivity contribution in [2.45, 2.75) is 12.4 Å². The average Bonchev–Trinajstić information content (AvgIpc) is 2.64. The van der Waals surface area contributed by atoms with Crippen LogP contribution in [0, 0.1) is 0 Å². The average molecular weight is 421 g/mol. The fourth-order valence-corrected chi connectivity index (χ4v) is 2.38. The fraction of sp³-hybridized carbons (Fsp3) is 0.222.